The van der Waals surface area contributed by atoms with Gasteiger partial charge in [0.1, 0.15) is 0 Å². The van der Waals surface area contributed by atoms with Crippen LogP contribution in [0.5, 0.6) is 0 Å². The molecule has 0 bridgehead atoms. The van der Waals surface area contributed by atoms with E-state index in [1.165, 1.54) is 6.42 Å². The Morgan fingerprint density at radius 3 is 2.15 bits per heavy atom. The van der Waals surface area contributed by atoms with Crippen molar-refractivity contribution < 1.29 is 9.84 Å². The van der Waals surface area contributed by atoms with Crippen molar-refractivity contribution in [2.75, 3.05) is 6.61 Å². The van der Waals surface area contributed by atoms with Crippen LogP contribution in [0.1, 0.15) is 47.0 Å². The zero-order valence-corrected chi connectivity index (χ0v) is 9.26. The monoisotopic (exact) mass is 186 g/mol. The maximum absolute atomic E-state index is 9.18. The van der Waals surface area contributed by atoms with Crippen molar-refractivity contribution in [1.29, 1.82) is 0 Å². The van der Waals surface area contributed by atoms with E-state index in [-0.39, 0.29) is 17.1 Å². The maximum atomic E-state index is 9.18. The van der Waals surface area contributed by atoms with E-state index in [2.05, 4.69) is 20.8 Å². The largest absolute Gasteiger partial charge is 0.391 e. The summed E-state index contributed by atoms with van der Waals surface area (Å²) in [5.41, 5.74) is 0.226. The molecule has 0 aromatic carbocycles. The molecule has 1 unspecified atom stereocenters. The predicted octanol–water partition coefficient (Wildman–Crippen LogP) is 2.35. The molecule has 1 fully saturated rings. The van der Waals surface area contributed by atoms with Crippen LogP contribution in [0.15, 0.2) is 0 Å². The van der Waals surface area contributed by atoms with E-state index in [0.717, 1.165) is 12.8 Å². The summed E-state index contributed by atoms with van der Waals surface area (Å²) >= 11 is 0. The molecule has 0 saturated heterocycles. The van der Waals surface area contributed by atoms with E-state index < -0.39 is 0 Å². The number of aliphatic hydroxyl groups excluding tert-OH is 1. The van der Waals surface area contributed by atoms with Gasteiger partial charge >= 0.3 is 0 Å². The fraction of sp³-hybridized carbons (Fsp3) is 1.00. The second-order valence-electron chi connectivity index (χ2n) is 5.26. The Hall–Kier alpha value is -0.0800. The molecule has 0 radical (unpaired) electrons. The third kappa shape index (κ3) is 2.23. The van der Waals surface area contributed by atoms with Gasteiger partial charge in [-0.05, 0) is 31.6 Å². The molecule has 1 atom stereocenters. The quantitative estimate of drug-likeness (QED) is 0.733. The van der Waals surface area contributed by atoms with Crippen LogP contribution >= 0.6 is 0 Å². The van der Waals surface area contributed by atoms with Crippen molar-refractivity contribution in [2.45, 2.75) is 58.7 Å². The van der Waals surface area contributed by atoms with E-state index in [1.54, 1.807) is 6.92 Å². The fourth-order valence-electron chi connectivity index (χ4n) is 1.89. The second-order valence-corrected chi connectivity index (χ2v) is 5.26. The molecule has 1 rings (SSSR count). The number of ether oxygens (including phenoxy) is 1. The fourth-order valence-corrected chi connectivity index (χ4v) is 1.89. The van der Waals surface area contributed by atoms with Gasteiger partial charge in [-0.1, -0.05) is 20.8 Å². The third-order valence-electron chi connectivity index (χ3n) is 3.13. The van der Waals surface area contributed by atoms with Crippen LogP contribution in [0, 0.1) is 5.41 Å². The van der Waals surface area contributed by atoms with E-state index in [4.69, 9.17) is 4.74 Å². The number of rotatable bonds is 3. The van der Waals surface area contributed by atoms with Crippen LogP contribution in [0.4, 0.5) is 0 Å². The van der Waals surface area contributed by atoms with Crippen molar-refractivity contribution in [3.05, 3.63) is 0 Å². The zero-order valence-electron chi connectivity index (χ0n) is 9.26. The average molecular weight is 186 g/mol. The molecule has 1 saturated carbocycles. The zero-order chi connectivity index (χ0) is 10.1. The molecule has 0 heterocycles. The number of aliphatic hydroxyl groups is 1. The van der Waals surface area contributed by atoms with Crippen LogP contribution in [0.25, 0.3) is 0 Å². The first-order valence-corrected chi connectivity index (χ1v) is 5.19. The molecule has 1 aliphatic carbocycles. The van der Waals surface area contributed by atoms with Crippen molar-refractivity contribution in [1.82, 2.24) is 0 Å². The lowest BCUT2D eigenvalue weighted by Crippen LogP contribution is -2.52. The van der Waals surface area contributed by atoms with E-state index in [9.17, 15) is 5.11 Å². The Labute approximate surface area is 81.3 Å². The minimum absolute atomic E-state index is 0.0317. The standard InChI is InChI=1S/C11H22O2/c1-9(12)8-13-11(6-5-7-11)10(2,3)4/h9,12H,5-8H2,1-4H3. The SMILES string of the molecule is CC(O)COC1(C(C)(C)C)CCC1. The number of hydrogen-bond donors (Lipinski definition) is 1. The Kier molecular flexibility index (Phi) is 3.03. The first-order chi connectivity index (χ1) is 5.87. The first-order valence-electron chi connectivity index (χ1n) is 5.19. The summed E-state index contributed by atoms with van der Waals surface area (Å²) in [4.78, 5) is 0. The van der Waals surface area contributed by atoms with E-state index in [1.807, 2.05) is 0 Å². The first kappa shape index (κ1) is 11.0. The number of hydrogen-bond acceptors (Lipinski definition) is 2. The van der Waals surface area contributed by atoms with E-state index >= 15 is 0 Å². The summed E-state index contributed by atoms with van der Waals surface area (Å²) in [7, 11) is 0. The van der Waals surface area contributed by atoms with Gasteiger partial charge in [0.15, 0.2) is 0 Å². The molecular weight excluding hydrogens is 164 g/mol. The highest BCUT2D eigenvalue weighted by Gasteiger charge is 2.47. The van der Waals surface area contributed by atoms with Gasteiger partial charge in [0.25, 0.3) is 0 Å². The lowest BCUT2D eigenvalue weighted by molar-refractivity contribution is -0.179. The summed E-state index contributed by atoms with van der Waals surface area (Å²) in [5.74, 6) is 0. The minimum Gasteiger partial charge on any atom is -0.391 e. The van der Waals surface area contributed by atoms with Crippen molar-refractivity contribution in [3.8, 4) is 0 Å². The molecule has 0 spiro atoms. The van der Waals surface area contributed by atoms with Crippen LogP contribution in [0.2, 0.25) is 0 Å². The third-order valence-corrected chi connectivity index (χ3v) is 3.13. The van der Waals surface area contributed by atoms with Gasteiger partial charge in [0.05, 0.1) is 18.3 Å². The highest BCUT2D eigenvalue weighted by molar-refractivity contribution is 4.99. The Bertz CT molecular complexity index is 163. The normalized spacial score (nSPS) is 23.8. The summed E-state index contributed by atoms with van der Waals surface area (Å²) < 4.78 is 5.84. The highest BCUT2D eigenvalue weighted by atomic mass is 16.5. The minimum atomic E-state index is -0.347. The van der Waals surface area contributed by atoms with Crippen molar-refractivity contribution >= 4 is 0 Å². The molecule has 13 heavy (non-hydrogen) atoms. The van der Waals surface area contributed by atoms with Gasteiger partial charge in [-0.15, -0.1) is 0 Å². The van der Waals surface area contributed by atoms with Crippen LogP contribution in [-0.2, 0) is 4.74 Å². The lowest BCUT2D eigenvalue weighted by Gasteiger charge is -2.51. The molecule has 2 nitrogen and oxygen atoms in total. The summed E-state index contributed by atoms with van der Waals surface area (Å²) in [6, 6.07) is 0. The molecule has 2 heteroatoms. The summed E-state index contributed by atoms with van der Waals surface area (Å²) in [6.07, 6.45) is 3.20. The summed E-state index contributed by atoms with van der Waals surface area (Å²) in [6.45, 7) is 8.89. The Morgan fingerprint density at radius 1 is 1.38 bits per heavy atom. The Morgan fingerprint density at radius 2 is 1.92 bits per heavy atom. The summed E-state index contributed by atoms with van der Waals surface area (Å²) in [5, 5.41) is 9.18. The molecule has 1 aliphatic rings. The van der Waals surface area contributed by atoms with Gasteiger partial charge in [-0.25, -0.2) is 0 Å². The maximum Gasteiger partial charge on any atom is 0.0745 e. The molecule has 0 aliphatic heterocycles. The highest BCUT2D eigenvalue weighted by Crippen LogP contribution is 2.48. The predicted molar refractivity (Wildman–Crippen MR) is 53.7 cm³/mol. The van der Waals surface area contributed by atoms with Gasteiger partial charge in [-0.2, -0.15) is 0 Å². The second kappa shape index (κ2) is 3.58. The van der Waals surface area contributed by atoms with Gasteiger partial charge in [0.2, 0.25) is 0 Å². The smallest absolute Gasteiger partial charge is 0.0745 e. The lowest BCUT2D eigenvalue weighted by atomic mass is 9.64. The van der Waals surface area contributed by atoms with Crippen molar-refractivity contribution in [3.63, 3.8) is 0 Å². The van der Waals surface area contributed by atoms with Crippen LogP contribution in [0.3, 0.4) is 0 Å². The van der Waals surface area contributed by atoms with Crippen LogP contribution in [-0.4, -0.2) is 23.4 Å². The van der Waals surface area contributed by atoms with Crippen LogP contribution < -0.4 is 0 Å². The topological polar surface area (TPSA) is 29.5 Å². The average Bonchev–Trinajstić information content (AvgIpc) is 1.80. The van der Waals surface area contributed by atoms with Gasteiger partial charge in [0, 0.05) is 0 Å². The molecule has 0 aromatic rings. The Balaban J connectivity index is 2.51. The molecule has 0 amide bonds. The van der Waals surface area contributed by atoms with Gasteiger partial charge in [-0.3, -0.25) is 0 Å². The molecule has 78 valence electrons. The van der Waals surface area contributed by atoms with Crippen molar-refractivity contribution in [2.24, 2.45) is 5.41 Å². The van der Waals surface area contributed by atoms with E-state index in [0.29, 0.717) is 6.61 Å². The molecular formula is C11H22O2. The molecule has 1 N–H and O–H groups in total. The van der Waals surface area contributed by atoms with Gasteiger partial charge < -0.3 is 9.84 Å². The molecule has 0 aromatic heterocycles.